The summed E-state index contributed by atoms with van der Waals surface area (Å²) < 4.78 is 5.13. The highest BCUT2D eigenvalue weighted by Gasteiger charge is 2.12. The summed E-state index contributed by atoms with van der Waals surface area (Å²) in [6, 6.07) is 4.90. The Kier molecular flexibility index (Phi) is 3.82. The third-order valence-electron chi connectivity index (χ3n) is 2.30. The third-order valence-corrected chi connectivity index (χ3v) is 2.53. The maximum absolute atomic E-state index is 12.0. The maximum atomic E-state index is 12.0. The predicted molar refractivity (Wildman–Crippen MR) is 72.4 cm³/mol. The zero-order chi connectivity index (χ0) is 13.8. The van der Waals surface area contributed by atoms with Crippen LogP contribution in [0.25, 0.3) is 0 Å². The molecule has 1 heterocycles. The van der Waals surface area contributed by atoms with Gasteiger partial charge < -0.3 is 15.8 Å². The third kappa shape index (κ3) is 3.11. The fourth-order valence-electron chi connectivity index (χ4n) is 1.45. The number of anilines is 2. The van der Waals surface area contributed by atoms with Gasteiger partial charge in [0.1, 0.15) is 17.3 Å². The van der Waals surface area contributed by atoms with Gasteiger partial charge in [-0.3, -0.25) is 9.78 Å². The largest absolute Gasteiger partial charge is 0.495 e. The van der Waals surface area contributed by atoms with E-state index in [1.54, 1.807) is 18.2 Å². The van der Waals surface area contributed by atoms with Gasteiger partial charge in [-0.1, -0.05) is 11.6 Å². The van der Waals surface area contributed by atoms with Gasteiger partial charge in [-0.2, -0.15) is 0 Å². The highest BCUT2D eigenvalue weighted by molar-refractivity contribution is 6.31. The number of carbonyl (C=O) groups is 1. The SMILES string of the molecule is COc1ccc(Cl)cc1NC(=O)c1cncc(N)n1. The number of carbonyl (C=O) groups excluding carboxylic acids is 1. The Labute approximate surface area is 114 Å². The molecule has 0 spiro atoms. The van der Waals surface area contributed by atoms with Gasteiger partial charge in [0.15, 0.2) is 0 Å². The first-order valence-electron chi connectivity index (χ1n) is 5.32. The van der Waals surface area contributed by atoms with Gasteiger partial charge in [0.2, 0.25) is 0 Å². The van der Waals surface area contributed by atoms with Gasteiger partial charge in [0.05, 0.1) is 25.2 Å². The lowest BCUT2D eigenvalue weighted by Gasteiger charge is -2.10. The number of benzene rings is 1. The monoisotopic (exact) mass is 278 g/mol. The van der Waals surface area contributed by atoms with Gasteiger partial charge in [-0.05, 0) is 18.2 Å². The first-order valence-corrected chi connectivity index (χ1v) is 5.70. The second-order valence-corrected chi connectivity index (χ2v) is 4.06. The molecular formula is C12H11ClN4O2. The Morgan fingerprint density at radius 3 is 2.89 bits per heavy atom. The zero-order valence-electron chi connectivity index (χ0n) is 10.1. The van der Waals surface area contributed by atoms with E-state index in [4.69, 9.17) is 22.1 Å². The van der Waals surface area contributed by atoms with Gasteiger partial charge in [-0.15, -0.1) is 0 Å². The average molecular weight is 279 g/mol. The molecule has 0 saturated carbocycles. The van der Waals surface area contributed by atoms with Crippen molar-refractivity contribution in [3.05, 3.63) is 41.3 Å². The molecule has 0 aliphatic rings. The average Bonchev–Trinajstić information content (AvgIpc) is 2.39. The number of hydrogen-bond donors (Lipinski definition) is 2. The summed E-state index contributed by atoms with van der Waals surface area (Å²) in [7, 11) is 1.50. The number of ether oxygens (including phenoxy) is 1. The van der Waals surface area contributed by atoms with Crippen LogP contribution in [0.4, 0.5) is 11.5 Å². The van der Waals surface area contributed by atoms with Crippen molar-refractivity contribution in [2.75, 3.05) is 18.2 Å². The molecule has 0 unspecified atom stereocenters. The Balaban J connectivity index is 2.26. The zero-order valence-corrected chi connectivity index (χ0v) is 10.8. The van der Waals surface area contributed by atoms with E-state index >= 15 is 0 Å². The van der Waals surface area contributed by atoms with Crippen LogP contribution in [0.5, 0.6) is 5.75 Å². The van der Waals surface area contributed by atoms with Gasteiger partial charge >= 0.3 is 0 Å². The van der Waals surface area contributed by atoms with Crippen LogP contribution in [0.15, 0.2) is 30.6 Å². The molecule has 0 bridgehead atoms. The second-order valence-electron chi connectivity index (χ2n) is 3.63. The molecule has 3 N–H and O–H groups in total. The highest BCUT2D eigenvalue weighted by Crippen LogP contribution is 2.27. The van der Waals surface area contributed by atoms with Crippen molar-refractivity contribution in [1.82, 2.24) is 9.97 Å². The van der Waals surface area contributed by atoms with Crippen molar-refractivity contribution >= 4 is 29.0 Å². The van der Waals surface area contributed by atoms with Crippen LogP contribution in [0.1, 0.15) is 10.5 Å². The van der Waals surface area contributed by atoms with E-state index < -0.39 is 5.91 Å². The first-order chi connectivity index (χ1) is 9.10. The molecule has 0 atom stereocenters. The minimum Gasteiger partial charge on any atom is -0.495 e. The van der Waals surface area contributed by atoms with E-state index in [0.717, 1.165) is 0 Å². The Morgan fingerprint density at radius 1 is 1.42 bits per heavy atom. The number of amides is 1. The van der Waals surface area contributed by atoms with E-state index in [-0.39, 0.29) is 11.5 Å². The van der Waals surface area contributed by atoms with E-state index in [0.29, 0.717) is 16.5 Å². The number of rotatable bonds is 3. The lowest BCUT2D eigenvalue weighted by atomic mass is 10.2. The Morgan fingerprint density at radius 2 is 2.21 bits per heavy atom. The van der Waals surface area contributed by atoms with Crippen molar-refractivity contribution in [1.29, 1.82) is 0 Å². The van der Waals surface area contributed by atoms with E-state index in [1.165, 1.54) is 19.5 Å². The van der Waals surface area contributed by atoms with Crippen LogP contribution in [-0.4, -0.2) is 23.0 Å². The summed E-state index contributed by atoms with van der Waals surface area (Å²) in [5.74, 6) is 0.223. The minimum absolute atomic E-state index is 0.113. The van der Waals surface area contributed by atoms with E-state index in [1.807, 2.05) is 0 Å². The molecule has 2 aromatic rings. The quantitative estimate of drug-likeness (QED) is 0.896. The summed E-state index contributed by atoms with van der Waals surface area (Å²) in [6.45, 7) is 0. The Hall–Kier alpha value is -2.34. The van der Waals surface area contributed by atoms with Crippen molar-refractivity contribution in [3.8, 4) is 5.75 Å². The summed E-state index contributed by atoms with van der Waals surface area (Å²) in [5, 5.41) is 3.12. The highest BCUT2D eigenvalue weighted by atomic mass is 35.5. The summed E-state index contributed by atoms with van der Waals surface area (Å²) in [5.41, 5.74) is 6.03. The van der Waals surface area contributed by atoms with Gasteiger partial charge in [-0.25, -0.2) is 4.98 Å². The van der Waals surface area contributed by atoms with Crippen molar-refractivity contribution in [2.24, 2.45) is 0 Å². The van der Waals surface area contributed by atoms with Crippen molar-refractivity contribution < 1.29 is 9.53 Å². The van der Waals surface area contributed by atoms with E-state index in [9.17, 15) is 4.79 Å². The molecule has 1 aromatic heterocycles. The summed E-state index contributed by atoms with van der Waals surface area (Å²) in [4.78, 5) is 19.7. The topological polar surface area (TPSA) is 90.1 Å². The number of nitrogens with two attached hydrogens (primary N) is 1. The lowest BCUT2D eigenvalue weighted by Crippen LogP contribution is -2.15. The number of aromatic nitrogens is 2. The molecular weight excluding hydrogens is 268 g/mol. The van der Waals surface area contributed by atoms with Crippen molar-refractivity contribution in [3.63, 3.8) is 0 Å². The van der Waals surface area contributed by atoms with Crippen molar-refractivity contribution in [2.45, 2.75) is 0 Å². The Bertz CT molecular complexity index is 618. The fraction of sp³-hybridized carbons (Fsp3) is 0.0833. The molecule has 2 rings (SSSR count). The summed E-state index contributed by atoms with van der Waals surface area (Å²) >= 11 is 5.87. The van der Waals surface area contributed by atoms with Crippen LogP contribution >= 0.6 is 11.6 Å². The normalized spacial score (nSPS) is 10.0. The number of nitrogens with one attached hydrogen (secondary N) is 1. The standard InChI is InChI=1S/C12H11ClN4O2/c1-19-10-3-2-7(13)4-8(10)17-12(18)9-5-15-6-11(14)16-9/h2-6H,1H3,(H2,14,16)(H,17,18). The van der Waals surface area contributed by atoms with Crippen LogP contribution < -0.4 is 15.8 Å². The molecule has 7 heteroatoms. The molecule has 0 aliphatic carbocycles. The maximum Gasteiger partial charge on any atom is 0.276 e. The molecule has 1 aromatic carbocycles. The van der Waals surface area contributed by atoms with Crippen LogP contribution in [0.3, 0.4) is 0 Å². The molecule has 0 aliphatic heterocycles. The molecule has 19 heavy (non-hydrogen) atoms. The van der Waals surface area contributed by atoms with Gasteiger partial charge in [0, 0.05) is 5.02 Å². The van der Waals surface area contributed by atoms with Crippen LogP contribution in [0.2, 0.25) is 5.02 Å². The molecule has 98 valence electrons. The van der Waals surface area contributed by atoms with E-state index in [2.05, 4.69) is 15.3 Å². The fourth-order valence-corrected chi connectivity index (χ4v) is 1.63. The number of methoxy groups -OCH3 is 1. The molecule has 6 nitrogen and oxygen atoms in total. The lowest BCUT2D eigenvalue weighted by molar-refractivity contribution is 0.102. The molecule has 0 radical (unpaired) electrons. The van der Waals surface area contributed by atoms with Crippen LogP contribution in [-0.2, 0) is 0 Å². The van der Waals surface area contributed by atoms with Crippen LogP contribution in [0, 0.1) is 0 Å². The predicted octanol–water partition coefficient (Wildman–Crippen LogP) is 1.97. The minimum atomic E-state index is -0.444. The number of nitrogen functional groups attached to an aromatic ring is 1. The molecule has 0 fully saturated rings. The smallest absolute Gasteiger partial charge is 0.276 e. The number of hydrogen-bond acceptors (Lipinski definition) is 5. The molecule has 1 amide bonds. The second kappa shape index (κ2) is 5.53. The van der Waals surface area contributed by atoms with Gasteiger partial charge in [0.25, 0.3) is 5.91 Å². The number of halogens is 1. The summed E-state index contributed by atoms with van der Waals surface area (Å²) in [6.07, 6.45) is 2.68. The number of nitrogens with zero attached hydrogens (tertiary/aromatic N) is 2. The first kappa shape index (κ1) is 13.1. The molecule has 0 saturated heterocycles.